The minimum absolute atomic E-state index is 0.0931. The van der Waals surface area contributed by atoms with Crippen molar-refractivity contribution >= 4 is 34.9 Å². The standard InChI is InChI=1S/C13H20ClN3OS/c1-9(6-7-19-3)17(2)12-8-10(14)4-5-11(12)13(15)16-18/h4-5,8-9,18H,6-7H2,1-3H3,(H2,15,16). The smallest absolute Gasteiger partial charge is 0.172 e. The van der Waals surface area contributed by atoms with E-state index in [2.05, 4.69) is 23.2 Å². The predicted molar refractivity (Wildman–Crippen MR) is 84.8 cm³/mol. The van der Waals surface area contributed by atoms with E-state index in [4.69, 9.17) is 22.5 Å². The molecule has 1 unspecified atom stereocenters. The molecule has 0 saturated heterocycles. The zero-order chi connectivity index (χ0) is 14.4. The quantitative estimate of drug-likeness (QED) is 0.367. The summed E-state index contributed by atoms with van der Waals surface area (Å²) in [4.78, 5) is 2.11. The summed E-state index contributed by atoms with van der Waals surface area (Å²) in [5, 5.41) is 12.6. The molecule has 0 aliphatic rings. The van der Waals surface area contributed by atoms with Crippen molar-refractivity contribution < 1.29 is 5.21 Å². The van der Waals surface area contributed by atoms with Gasteiger partial charge in [-0.05, 0) is 43.6 Å². The van der Waals surface area contributed by atoms with Crippen LogP contribution in [0.5, 0.6) is 0 Å². The Hall–Kier alpha value is -1.07. The Balaban J connectivity index is 3.06. The highest BCUT2D eigenvalue weighted by Gasteiger charge is 2.16. The fourth-order valence-corrected chi connectivity index (χ4v) is 2.53. The largest absolute Gasteiger partial charge is 0.409 e. The number of hydrogen-bond acceptors (Lipinski definition) is 4. The van der Waals surface area contributed by atoms with Crippen LogP contribution in [-0.2, 0) is 0 Å². The van der Waals surface area contributed by atoms with Gasteiger partial charge in [0.1, 0.15) is 0 Å². The van der Waals surface area contributed by atoms with Crippen molar-refractivity contribution in [1.82, 2.24) is 0 Å². The Morgan fingerprint density at radius 3 is 2.84 bits per heavy atom. The van der Waals surface area contributed by atoms with E-state index in [1.807, 2.05) is 24.9 Å². The number of amidine groups is 1. The first kappa shape index (κ1) is 16.0. The Kier molecular flexibility index (Phi) is 6.31. The average Bonchev–Trinajstić information content (AvgIpc) is 2.42. The maximum atomic E-state index is 8.85. The van der Waals surface area contributed by atoms with Crippen LogP contribution >= 0.6 is 23.4 Å². The summed E-state index contributed by atoms with van der Waals surface area (Å²) in [6, 6.07) is 5.68. The van der Waals surface area contributed by atoms with Crippen LogP contribution in [-0.4, -0.2) is 36.1 Å². The summed E-state index contributed by atoms with van der Waals surface area (Å²) in [7, 11) is 1.99. The molecule has 0 fully saturated rings. The van der Waals surface area contributed by atoms with Gasteiger partial charge in [-0.3, -0.25) is 0 Å². The molecule has 0 amide bonds. The number of thioether (sulfide) groups is 1. The van der Waals surface area contributed by atoms with E-state index in [1.165, 1.54) is 0 Å². The highest BCUT2D eigenvalue weighted by molar-refractivity contribution is 7.98. The van der Waals surface area contributed by atoms with Gasteiger partial charge in [-0.25, -0.2) is 0 Å². The second-order valence-corrected chi connectivity index (χ2v) is 5.81. The van der Waals surface area contributed by atoms with Crippen molar-refractivity contribution in [1.29, 1.82) is 0 Å². The first-order chi connectivity index (χ1) is 9.01. The molecule has 0 aromatic heterocycles. The van der Waals surface area contributed by atoms with Gasteiger partial charge < -0.3 is 15.8 Å². The van der Waals surface area contributed by atoms with Crippen molar-refractivity contribution in [2.75, 3.05) is 24.0 Å². The molecule has 6 heteroatoms. The van der Waals surface area contributed by atoms with E-state index in [0.29, 0.717) is 16.6 Å². The van der Waals surface area contributed by atoms with Gasteiger partial charge >= 0.3 is 0 Å². The van der Waals surface area contributed by atoms with E-state index in [1.54, 1.807) is 12.1 Å². The van der Waals surface area contributed by atoms with Crippen molar-refractivity contribution in [2.45, 2.75) is 19.4 Å². The number of nitrogens with two attached hydrogens (primary N) is 1. The zero-order valence-corrected chi connectivity index (χ0v) is 13.0. The lowest BCUT2D eigenvalue weighted by Gasteiger charge is -2.29. The minimum Gasteiger partial charge on any atom is -0.409 e. The third kappa shape index (κ3) is 4.21. The lowest BCUT2D eigenvalue weighted by molar-refractivity contribution is 0.318. The van der Waals surface area contributed by atoms with Gasteiger partial charge in [0.2, 0.25) is 0 Å². The van der Waals surface area contributed by atoms with Crippen LogP contribution in [0.25, 0.3) is 0 Å². The van der Waals surface area contributed by atoms with Crippen molar-refractivity contribution in [3.63, 3.8) is 0 Å². The minimum atomic E-state index is 0.0931. The van der Waals surface area contributed by atoms with Crippen LogP contribution in [0.4, 0.5) is 5.69 Å². The van der Waals surface area contributed by atoms with Crippen LogP contribution in [0.1, 0.15) is 18.9 Å². The van der Waals surface area contributed by atoms with Gasteiger partial charge in [-0.2, -0.15) is 11.8 Å². The van der Waals surface area contributed by atoms with Gasteiger partial charge in [0.05, 0.1) is 0 Å². The molecule has 0 spiro atoms. The molecule has 4 nitrogen and oxygen atoms in total. The molecule has 0 bridgehead atoms. The number of halogens is 1. The molecule has 0 radical (unpaired) electrons. The molecule has 106 valence electrons. The molecule has 1 atom stereocenters. The Bertz CT molecular complexity index is 454. The first-order valence-electron chi connectivity index (χ1n) is 6.00. The summed E-state index contributed by atoms with van der Waals surface area (Å²) in [5.74, 6) is 1.18. The van der Waals surface area contributed by atoms with Gasteiger partial charge in [0.25, 0.3) is 0 Å². The topological polar surface area (TPSA) is 61.8 Å². The fraction of sp³-hybridized carbons (Fsp3) is 0.462. The second-order valence-electron chi connectivity index (χ2n) is 4.39. The highest BCUT2D eigenvalue weighted by Crippen LogP contribution is 2.26. The summed E-state index contributed by atoms with van der Waals surface area (Å²) in [6.45, 7) is 2.15. The summed E-state index contributed by atoms with van der Waals surface area (Å²) >= 11 is 7.86. The number of hydrogen-bond donors (Lipinski definition) is 2. The Labute approximate surface area is 123 Å². The number of anilines is 1. The van der Waals surface area contributed by atoms with E-state index in [-0.39, 0.29) is 5.84 Å². The van der Waals surface area contributed by atoms with Crippen LogP contribution in [0, 0.1) is 0 Å². The molecule has 0 heterocycles. The highest BCUT2D eigenvalue weighted by atomic mass is 35.5. The van der Waals surface area contributed by atoms with Gasteiger partial charge in [-0.15, -0.1) is 0 Å². The lowest BCUT2D eigenvalue weighted by Crippen LogP contribution is -2.31. The summed E-state index contributed by atoms with van der Waals surface area (Å²) < 4.78 is 0. The second kappa shape index (κ2) is 7.50. The molecule has 1 aromatic rings. The Morgan fingerprint density at radius 2 is 2.26 bits per heavy atom. The fourth-order valence-electron chi connectivity index (χ4n) is 1.79. The molecular weight excluding hydrogens is 282 g/mol. The monoisotopic (exact) mass is 301 g/mol. The third-order valence-electron chi connectivity index (χ3n) is 3.12. The predicted octanol–water partition coefficient (Wildman–Crippen LogP) is 3.01. The first-order valence-corrected chi connectivity index (χ1v) is 7.77. The van der Waals surface area contributed by atoms with Crippen molar-refractivity contribution in [3.05, 3.63) is 28.8 Å². The van der Waals surface area contributed by atoms with Gasteiger partial charge in [0, 0.05) is 29.4 Å². The molecule has 0 aliphatic heterocycles. The number of rotatable bonds is 6. The van der Waals surface area contributed by atoms with Crippen LogP contribution < -0.4 is 10.6 Å². The number of benzene rings is 1. The van der Waals surface area contributed by atoms with E-state index < -0.39 is 0 Å². The number of nitrogens with zero attached hydrogens (tertiary/aromatic N) is 2. The van der Waals surface area contributed by atoms with Crippen molar-refractivity contribution in [2.24, 2.45) is 10.9 Å². The Morgan fingerprint density at radius 1 is 1.58 bits per heavy atom. The molecule has 3 N–H and O–H groups in total. The maximum Gasteiger partial charge on any atom is 0.172 e. The number of oxime groups is 1. The molecule has 19 heavy (non-hydrogen) atoms. The summed E-state index contributed by atoms with van der Waals surface area (Å²) in [6.07, 6.45) is 3.15. The third-order valence-corrected chi connectivity index (χ3v) is 4.00. The van der Waals surface area contributed by atoms with Crippen LogP contribution in [0.15, 0.2) is 23.4 Å². The van der Waals surface area contributed by atoms with E-state index >= 15 is 0 Å². The molecular formula is C13H20ClN3OS. The molecule has 1 rings (SSSR count). The summed E-state index contributed by atoms with van der Waals surface area (Å²) in [5.41, 5.74) is 7.27. The van der Waals surface area contributed by atoms with E-state index in [9.17, 15) is 0 Å². The van der Waals surface area contributed by atoms with Gasteiger partial charge in [0.15, 0.2) is 5.84 Å². The molecule has 0 aliphatic carbocycles. The molecule has 0 saturated carbocycles. The average molecular weight is 302 g/mol. The molecule has 1 aromatic carbocycles. The van der Waals surface area contributed by atoms with E-state index in [0.717, 1.165) is 17.9 Å². The van der Waals surface area contributed by atoms with Crippen LogP contribution in [0.2, 0.25) is 5.02 Å². The van der Waals surface area contributed by atoms with Crippen molar-refractivity contribution in [3.8, 4) is 0 Å². The zero-order valence-electron chi connectivity index (χ0n) is 11.4. The van der Waals surface area contributed by atoms with Gasteiger partial charge in [-0.1, -0.05) is 16.8 Å². The lowest BCUT2D eigenvalue weighted by atomic mass is 10.1. The SMILES string of the molecule is CSCCC(C)N(C)c1cc(Cl)ccc1/C(N)=N/O. The maximum absolute atomic E-state index is 8.85. The normalized spacial score (nSPS) is 13.4. The van der Waals surface area contributed by atoms with Crippen LogP contribution in [0.3, 0.4) is 0 Å².